The maximum atomic E-state index is 4.52. The quantitative estimate of drug-likeness (QED) is 0.206. The van der Waals surface area contributed by atoms with E-state index in [1.165, 1.54) is 20.0 Å². The van der Waals surface area contributed by atoms with Crippen LogP contribution >= 0.6 is 0 Å². The van der Waals surface area contributed by atoms with E-state index in [0.29, 0.717) is 0 Å². The Balaban J connectivity index is 1.49. The molecular weight excluding hydrogens is 547 g/mol. The molecule has 1 nitrogen and oxygen atoms in total. The number of pyridine rings is 1. The van der Waals surface area contributed by atoms with Gasteiger partial charge in [-0.3, -0.25) is 0 Å². The van der Waals surface area contributed by atoms with Crippen molar-refractivity contribution in [3.05, 3.63) is 125 Å². The molecule has 4 aromatic rings. The van der Waals surface area contributed by atoms with E-state index in [-0.39, 0.29) is 0 Å². The standard InChI is InChI=1S/C21H16N.C6H5.Bi/c1-3-16(2)21-15-20(13-14-22-21)19-11-9-18(10-12-19)17-7-5-4-6-8-17;1-2-4-6-5-3-1;/h1,3-15H,2H2;1-5H;. The van der Waals surface area contributed by atoms with Crippen molar-refractivity contribution >= 4 is 32.1 Å². The van der Waals surface area contributed by atoms with Gasteiger partial charge >= 0.3 is 167 Å². The Hall–Kier alpha value is -2.83. The monoisotopic (exact) mass is 568 g/mol. The van der Waals surface area contributed by atoms with Gasteiger partial charge in [0.05, 0.1) is 0 Å². The molecule has 1 radical (unpaired) electrons. The van der Waals surface area contributed by atoms with Gasteiger partial charge in [-0.25, -0.2) is 0 Å². The predicted octanol–water partition coefficient (Wildman–Crippen LogP) is 5.97. The molecule has 4 rings (SSSR count). The van der Waals surface area contributed by atoms with Crippen LogP contribution in [-0.2, 0) is 0 Å². The summed E-state index contributed by atoms with van der Waals surface area (Å²) in [4.78, 5) is 4.52. The van der Waals surface area contributed by atoms with Crippen molar-refractivity contribution in [3.8, 4) is 22.3 Å². The van der Waals surface area contributed by atoms with E-state index in [1.807, 2.05) is 12.3 Å². The minimum atomic E-state index is -0.811. The molecule has 0 aliphatic rings. The summed E-state index contributed by atoms with van der Waals surface area (Å²) in [5, 5.41) is 0. The Labute approximate surface area is 184 Å². The van der Waals surface area contributed by atoms with E-state index in [1.54, 1.807) is 0 Å². The van der Waals surface area contributed by atoms with Crippen LogP contribution < -0.4 is 3.27 Å². The van der Waals surface area contributed by atoms with Gasteiger partial charge in [0.1, 0.15) is 0 Å². The Morgan fingerprint density at radius 1 is 0.690 bits per heavy atom. The first-order valence-electron chi connectivity index (χ1n) is 9.53. The molecule has 0 amide bonds. The van der Waals surface area contributed by atoms with Gasteiger partial charge in [0, 0.05) is 0 Å². The third-order valence-corrected chi connectivity index (χ3v) is 8.15. The summed E-state index contributed by atoms with van der Waals surface area (Å²) in [6.45, 7) is 4.22. The van der Waals surface area contributed by atoms with Crippen LogP contribution in [0.2, 0.25) is 0 Å². The summed E-state index contributed by atoms with van der Waals surface area (Å²) in [7, 11) is 0. The van der Waals surface area contributed by atoms with Crippen LogP contribution in [0.15, 0.2) is 120 Å². The number of hydrogen-bond acceptors (Lipinski definition) is 1. The molecule has 2 heteroatoms. The van der Waals surface area contributed by atoms with Gasteiger partial charge in [0.15, 0.2) is 0 Å². The molecule has 0 spiro atoms. The first-order valence-corrected chi connectivity index (χ1v) is 13.3. The molecule has 139 valence electrons. The molecule has 0 saturated heterocycles. The fourth-order valence-electron chi connectivity index (χ4n) is 3.08. The number of hydrogen-bond donors (Lipinski definition) is 0. The molecule has 0 atom stereocenters. The third-order valence-electron chi connectivity index (χ3n) is 4.67. The fourth-order valence-corrected chi connectivity index (χ4v) is 6.08. The minimum absolute atomic E-state index is 0.811. The summed E-state index contributed by atoms with van der Waals surface area (Å²) in [6.07, 6.45) is 4.00. The van der Waals surface area contributed by atoms with Crippen LogP contribution in [0.5, 0.6) is 0 Å². The van der Waals surface area contributed by atoms with Crippen LogP contribution in [0.25, 0.3) is 27.8 Å². The maximum absolute atomic E-state index is 4.52. The summed E-state index contributed by atoms with van der Waals surface area (Å²) >= 11 is -0.811. The SMILES string of the molecule is C=C(/C=[CH]\[Bi][c]1ccccc1)c1cc(-c2ccc(-c3ccccc3)cc2)ccn1. The van der Waals surface area contributed by atoms with Crippen LogP contribution in [0.3, 0.4) is 0 Å². The average Bonchev–Trinajstić information content (AvgIpc) is 2.80. The Morgan fingerprint density at radius 2 is 1.28 bits per heavy atom. The molecular formula is C27H21BiN. The molecule has 29 heavy (non-hydrogen) atoms. The summed E-state index contributed by atoms with van der Waals surface area (Å²) in [6, 6.07) is 34.0. The van der Waals surface area contributed by atoms with Crippen molar-refractivity contribution in [2.75, 3.05) is 0 Å². The normalized spacial score (nSPS) is 10.9. The van der Waals surface area contributed by atoms with Gasteiger partial charge in [-0.1, -0.05) is 18.2 Å². The zero-order valence-electron chi connectivity index (χ0n) is 16.1. The van der Waals surface area contributed by atoms with Crippen molar-refractivity contribution in [1.29, 1.82) is 0 Å². The molecule has 0 N–H and O–H groups in total. The summed E-state index contributed by atoms with van der Waals surface area (Å²) in [5.74, 6) is 0. The van der Waals surface area contributed by atoms with E-state index < -0.39 is 23.2 Å². The van der Waals surface area contributed by atoms with Crippen molar-refractivity contribution in [1.82, 2.24) is 4.98 Å². The zero-order valence-corrected chi connectivity index (χ0v) is 19.5. The first-order chi connectivity index (χ1) is 14.3. The Morgan fingerprint density at radius 3 is 1.97 bits per heavy atom. The summed E-state index contributed by atoms with van der Waals surface area (Å²) in [5.41, 5.74) is 6.70. The molecule has 0 aliphatic carbocycles. The van der Waals surface area contributed by atoms with E-state index >= 15 is 0 Å². The predicted molar refractivity (Wildman–Crippen MR) is 125 cm³/mol. The first kappa shape index (κ1) is 19.5. The second-order valence-corrected chi connectivity index (χ2v) is 10.8. The van der Waals surface area contributed by atoms with Crippen LogP contribution in [0.4, 0.5) is 0 Å². The molecule has 0 unspecified atom stereocenters. The van der Waals surface area contributed by atoms with Crippen molar-refractivity contribution < 1.29 is 0 Å². The van der Waals surface area contributed by atoms with Crippen LogP contribution in [0, 0.1) is 0 Å². The molecule has 0 aliphatic heterocycles. The number of nitrogens with zero attached hydrogens (tertiary/aromatic N) is 1. The van der Waals surface area contributed by atoms with Gasteiger partial charge in [-0.2, -0.15) is 0 Å². The number of aromatic nitrogens is 1. The zero-order chi connectivity index (χ0) is 19.9. The molecule has 0 fully saturated rings. The van der Waals surface area contributed by atoms with Gasteiger partial charge in [-0.05, 0) is 0 Å². The second kappa shape index (κ2) is 9.59. The Kier molecular flexibility index (Phi) is 6.44. The fraction of sp³-hybridized carbons (Fsp3) is 0. The van der Waals surface area contributed by atoms with Crippen molar-refractivity contribution in [3.63, 3.8) is 0 Å². The summed E-state index contributed by atoms with van der Waals surface area (Å²) < 4.78 is 3.79. The number of benzene rings is 3. The third kappa shape index (κ3) is 5.16. The average molecular weight is 568 g/mol. The van der Waals surface area contributed by atoms with Gasteiger partial charge < -0.3 is 0 Å². The number of rotatable bonds is 6. The molecule has 0 bridgehead atoms. The Bertz CT molecular complexity index is 1110. The molecule has 1 heterocycles. The van der Waals surface area contributed by atoms with Crippen molar-refractivity contribution in [2.24, 2.45) is 0 Å². The van der Waals surface area contributed by atoms with E-state index in [4.69, 9.17) is 0 Å². The van der Waals surface area contributed by atoms with E-state index in [0.717, 1.165) is 16.8 Å². The van der Waals surface area contributed by atoms with Crippen molar-refractivity contribution in [2.45, 2.75) is 0 Å². The number of allylic oxidation sites excluding steroid dienone is 2. The molecule has 0 saturated carbocycles. The topological polar surface area (TPSA) is 12.9 Å². The van der Waals surface area contributed by atoms with E-state index in [2.05, 4.69) is 112 Å². The molecule has 1 aromatic heterocycles. The van der Waals surface area contributed by atoms with Crippen LogP contribution in [-0.4, -0.2) is 28.2 Å². The van der Waals surface area contributed by atoms with Gasteiger partial charge in [0.25, 0.3) is 0 Å². The van der Waals surface area contributed by atoms with Gasteiger partial charge in [0.2, 0.25) is 0 Å². The van der Waals surface area contributed by atoms with Crippen LogP contribution in [0.1, 0.15) is 5.69 Å². The van der Waals surface area contributed by atoms with E-state index in [9.17, 15) is 0 Å². The van der Waals surface area contributed by atoms with Gasteiger partial charge in [-0.15, -0.1) is 0 Å². The molecule has 3 aromatic carbocycles. The second-order valence-electron chi connectivity index (χ2n) is 6.68.